The molecule has 21 heavy (non-hydrogen) atoms. The van der Waals surface area contributed by atoms with Crippen molar-refractivity contribution in [2.24, 2.45) is 0 Å². The number of rotatable bonds is 4. The van der Waals surface area contributed by atoms with Crippen molar-refractivity contribution in [1.29, 1.82) is 4.78 Å². The summed E-state index contributed by atoms with van der Waals surface area (Å²) in [6.45, 7) is 1.49. The molecule has 2 rings (SSSR count). The number of sulfone groups is 1. The lowest BCUT2D eigenvalue weighted by molar-refractivity contribution is 0.585. The Morgan fingerprint density at radius 3 is 2.29 bits per heavy atom. The number of nitrogens with one attached hydrogen (secondary N) is 1. The van der Waals surface area contributed by atoms with E-state index < -0.39 is 31.5 Å². The summed E-state index contributed by atoms with van der Waals surface area (Å²) in [4.78, 5) is 0.321. The first kappa shape index (κ1) is 15.7. The van der Waals surface area contributed by atoms with Crippen LogP contribution in [0.2, 0.25) is 0 Å². The van der Waals surface area contributed by atoms with Crippen molar-refractivity contribution in [1.82, 2.24) is 0 Å². The molecule has 0 spiro atoms. The van der Waals surface area contributed by atoms with Gasteiger partial charge in [0.05, 0.1) is 20.7 Å². The molecule has 112 valence electrons. The highest BCUT2D eigenvalue weighted by Crippen LogP contribution is 2.29. The molecule has 0 bridgehead atoms. The van der Waals surface area contributed by atoms with Gasteiger partial charge >= 0.3 is 0 Å². The third kappa shape index (κ3) is 3.30. The van der Waals surface area contributed by atoms with Crippen LogP contribution in [0.3, 0.4) is 0 Å². The largest absolute Gasteiger partial charge is 0.251 e. The SMILES string of the molecule is CC(c1cccc(F)c1)S(=O)(=O)c1ccc([SH](=N)=O)cc1. The van der Waals surface area contributed by atoms with Crippen LogP contribution in [0.15, 0.2) is 58.3 Å². The van der Waals surface area contributed by atoms with E-state index in [1.165, 1.54) is 49.4 Å². The van der Waals surface area contributed by atoms with Gasteiger partial charge in [0.15, 0.2) is 9.84 Å². The maximum absolute atomic E-state index is 13.2. The highest BCUT2D eigenvalue weighted by Gasteiger charge is 2.25. The minimum Gasteiger partial charge on any atom is -0.251 e. The summed E-state index contributed by atoms with van der Waals surface area (Å²) in [6.07, 6.45) is 0. The van der Waals surface area contributed by atoms with E-state index in [-0.39, 0.29) is 9.79 Å². The van der Waals surface area contributed by atoms with Gasteiger partial charge in [-0.15, -0.1) is 0 Å². The molecule has 1 N–H and O–H groups in total. The second-order valence-electron chi connectivity index (χ2n) is 4.53. The van der Waals surface area contributed by atoms with Crippen molar-refractivity contribution < 1.29 is 17.0 Å². The van der Waals surface area contributed by atoms with Gasteiger partial charge in [-0.25, -0.2) is 17.0 Å². The summed E-state index contributed by atoms with van der Waals surface area (Å²) in [5.41, 5.74) is 0.366. The van der Waals surface area contributed by atoms with Crippen LogP contribution in [0, 0.1) is 10.6 Å². The zero-order chi connectivity index (χ0) is 15.6. The van der Waals surface area contributed by atoms with Crippen LogP contribution in [-0.4, -0.2) is 12.6 Å². The van der Waals surface area contributed by atoms with Crippen LogP contribution >= 0.6 is 0 Å². The summed E-state index contributed by atoms with van der Waals surface area (Å²) in [5, 5.41) is -0.899. The van der Waals surface area contributed by atoms with Crippen LogP contribution in [0.5, 0.6) is 0 Å². The predicted octanol–water partition coefficient (Wildman–Crippen LogP) is 2.96. The molecule has 0 radical (unpaired) electrons. The molecule has 0 saturated carbocycles. The van der Waals surface area contributed by atoms with Crippen molar-refractivity contribution in [2.75, 3.05) is 0 Å². The smallest absolute Gasteiger partial charge is 0.185 e. The van der Waals surface area contributed by atoms with Crippen molar-refractivity contribution >= 4 is 20.4 Å². The molecule has 2 aromatic carbocycles. The molecular weight excluding hydrogens is 313 g/mol. The van der Waals surface area contributed by atoms with Gasteiger partial charge in [0, 0.05) is 4.90 Å². The molecule has 0 fully saturated rings. The Balaban J connectivity index is 2.41. The normalized spacial score (nSPS) is 14.6. The minimum atomic E-state index is -3.67. The standard InChI is InChI=1S/C14H14FNO3S2/c1-10(11-3-2-4-12(15)9-11)21(18,19)14-7-5-13(6-8-14)20(16)17/h2-10,16,20H,1H3. The van der Waals surface area contributed by atoms with Gasteiger partial charge in [0.25, 0.3) is 0 Å². The highest BCUT2D eigenvalue weighted by atomic mass is 32.2. The van der Waals surface area contributed by atoms with E-state index in [4.69, 9.17) is 4.78 Å². The van der Waals surface area contributed by atoms with E-state index in [0.29, 0.717) is 5.56 Å². The minimum absolute atomic E-state index is 0.0554. The van der Waals surface area contributed by atoms with Gasteiger partial charge in [0.2, 0.25) is 0 Å². The molecule has 0 heterocycles. The predicted molar refractivity (Wildman–Crippen MR) is 79.0 cm³/mol. The molecule has 2 aromatic rings. The Kier molecular flexibility index (Phi) is 4.43. The Morgan fingerprint density at radius 2 is 1.76 bits per heavy atom. The van der Waals surface area contributed by atoms with Crippen molar-refractivity contribution in [3.05, 3.63) is 59.9 Å². The van der Waals surface area contributed by atoms with Gasteiger partial charge < -0.3 is 0 Å². The molecule has 2 unspecified atom stereocenters. The quantitative estimate of drug-likeness (QED) is 0.848. The van der Waals surface area contributed by atoms with Crippen LogP contribution in [0.25, 0.3) is 0 Å². The fraction of sp³-hybridized carbons (Fsp3) is 0.143. The number of thiol groups is 1. The Hall–Kier alpha value is -1.73. The monoisotopic (exact) mass is 327 g/mol. The summed E-state index contributed by atoms with van der Waals surface area (Å²) < 4.78 is 56.3. The lowest BCUT2D eigenvalue weighted by atomic mass is 10.2. The van der Waals surface area contributed by atoms with E-state index in [2.05, 4.69) is 0 Å². The second-order valence-corrected chi connectivity index (χ2v) is 7.90. The van der Waals surface area contributed by atoms with Crippen molar-refractivity contribution in [3.63, 3.8) is 0 Å². The summed E-state index contributed by atoms with van der Waals surface area (Å²) in [7, 11) is -5.93. The number of halogens is 1. The second kappa shape index (κ2) is 5.95. The average molecular weight is 327 g/mol. The molecule has 2 atom stereocenters. The van der Waals surface area contributed by atoms with Crippen LogP contribution in [0.4, 0.5) is 4.39 Å². The van der Waals surface area contributed by atoms with Crippen LogP contribution < -0.4 is 0 Å². The van der Waals surface area contributed by atoms with E-state index in [9.17, 15) is 17.0 Å². The third-order valence-electron chi connectivity index (χ3n) is 3.18. The fourth-order valence-electron chi connectivity index (χ4n) is 1.91. The Bertz CT molecular complexity index is 820. The maximum atomic E-state index is 13.2. The van der Waals surface area contributed by atoms with Crippen LogP contribution in [0.1, 0.15) is 17.7 Å². The lowest BCUT2D eigenvalue weighted by Gasteiger charge is -2.13. The molecule has 0 aliphatic carbocycles. The van der Waals surface area contributed by atoms with Crippen LogP contribution in [-0.2, 0) is 20.4 Å². The number of benzene rings is 2. The summed E-state index contributed by atoms with van der Waals surface area (Å²) in [5.74, 6) is -0.490. The molecule has 4 nitrogen and oxygen atoms in total. The van der Waals surface area contributed by atoms with Gasteiger partial charge in [0.1, 0.15) is 5.82 Å². The fourth-order valence-corrected chi connectivity index (χ4v) is 3.76. The highest BCUT2D eigenvalue weighted by molar-refractivity contribution is 7.91. The molecule has 0 aromatic heterocycles. The lowest BCUT2D eigenvalue weighted by Crippen LogP contribution is -2.11. The van der Waals surface area contributed by atoms with Gasteiger partial charge in [-0.05, 0) is 48.9 Å². The average Bonchev–Trinajstić information content (AvgIpc) is 2.46. The number of hydrogen-bond donors (Lipinski definition) is 2. The van der Waals surface area contributed by atoms with E-state index in [0.717, 1.165) is 0 Å². The van der Waals surface area contributed by atoms with Crippen molar-refractivity contribution in [3.8, 4) is 0 Å². The Labute approximate surface area is 124 Å². The first-order valence-electron chi connectivity index (χ1n) is 6.10. The van der Waals surface area contributed by atoms with Gasteiger partial charge in [-0.2, -0.15) is 0 Å². The van der Waals surface area contributed by atoms with E-state index in [1.54, 1.807) is 6.07 Å². The molecule has 0 aliphatic rings. The summed E-state index contributed by atoms with van der Waals surface area (Å²) >= 11 is 0. The topological polar surface area (TPSA) is 75.1 Å². The summed E-state index contributed by atoms with van der Waals surface area (Å²) in [6, 6.07) is 10.8. The number of hydrogen-bond acceptors (Lipinski definition) is 4. The van der Waals surface area contributed by atoms with E-state index in [1.807, 2.05) is 0 Å². The zero-order valence-corrected chi connectivity index (χ0v) is 12.9. The molecule has 0 aliphatic heterocycles. The van der Waals surface area contributed by atoms with Gasteiger partial charge in [-0.1, -0.05) is 12.1 Å². The molecule has 7 heteroatoms. The molecule has 0 saturated heterocycles. The van der Waals surface area contributed by atoms with Crippen molar-refractivity contribution in [2.45, 2.75) is 22.0 Å². The third-order valence-corrected chi connectivity index (χ3v) is 6.08. The maximum Gasteiger partial charge on any atom is 0.185 e. The molecular formula is C14H14FNO3S2. The molecule has 0 amide bonds. The first-order chi connectivity index (χ1) is 9.82. The first-order valence-corrected chi connectivity index (χ1v) is 8.91. The Morgan fingerprint density at radius 1 is 1.14 bits per heavy atom. The van der Waals surface area contributed by atoms with E-state index >= 15 is 0 Å². The van der Waals surface area contributed by atoms with Gasteiger partial charge in [-0.3, -0.25) is 4.78 Å². The zero-order valence-electron chi connectivity index (χ0n) is 11.2.